The van der Waals surface area contributed by atoms with E-state index in [1.165, 1.54) is 58.5 Å². The highest BCUT2D eigenvalue weighted by atomic mass is 79.9. The minimum atomic E-state index is -1.78. The Kier molecular flexibility index (Phi) is 15.9. The quantitative estimate of drug-likeness (QED) is 0.106. The fraction of sp³-hybridized carbons (Fsp3) is 0.571. The molecule has 266 valence electrons. The maximum Gasteiger partial charge on any atom is 0.192 e. The van der Waals surface area contributed by atoms with Crippen molar-refractivity contribution in [2.45, 2.75) is 142 Å². The molecular weight excluding hydrogens is 752 g/mol. The zero-order chi connectivity index (χ0) is 35.6. The Balaban J connectivity index is 1.90. The van der Waals surface area contributed by atoms with E-state index in [0.717, 1.165) is 34.6 Å². The minimum absolute atomic E-state index is 0.217. The lowest BCUT2D eigenvalue weighted by Gasteiger charge is -2.43. The van der Waals surface area contributed by atoms with Crippen molar-refractivity contribution in [3.63, 3.8) is 0 Å². The molecule has 2 atom stereocenters. The van der Waals surface area contributed by atoms with Gasteiger partial charge in [0.05, 0.1) is 11.2 Å². The van der Waals surface area contributed by atoms with Crippen LogP contribution in [0.1, 0.15) is 91.5 Å². The number of hydrogen-bond donors (Lipinski definition) is 0. The Morgan fingerprint density at radius 2 is 0.646 bits per heavy atom. The van der Waals surface area contributed by atoms with Crippen molar-refractivity contribution in [2.75, 3.05) is 0 Å². The average Bonchev–Trinajstić information content (AvgIpc) is 3.08. The van der Waals surface area contributed by atoms with Crippen LogP contribution in [0.5, 0.6) is 0 Å². The third kappa shape index (κ3) is 11.5. The molecule has 3 aromatic carbocycles. The van der Waals surface area contributed by atoms with E-state index >= 15 is 0 Å². The van der Waals surface area contributed by atoms with Gasteiger partial charge in [-0.25, -0.2) is 0 Å². The van der Waals surface area contributed by atoms with Crippen molar-refractivity contribution in [1.82, 2.24) is 0 Å². The van der Waals surface area contributed by atoms with E-state index < -0.39 is 16.6 Å². The lowest BCUT2D eigenvalue weighted by atomic mass is 9.79. The molecule has 0 heterocycles. The van der Waals surface area contributed by atoms with Crippen LogP contribution in [-0.2, 0) is 34.5 Å². The van der Waals surface area contributed by atoms with Gasteiger partial charge < -0.3 is 8.85 Å². The van der Waals surface area contributed by atoms with Crippen molar-refractivity contribution in [3.8, 4) is 0 Å². The molecule has 2 unspecified atom stereocenters. The second-order valence-corrected chi connectivity index (χ2v) is 26.4. The number of rotatable bonds is 20. The predicted octanol–water partition coefficient (Wildman–Crippen LogP) is 13.6. The van der Waals surface area contributed by atoms with Gasteiger partial charge in [0.2, 0.25) is 0 Å². The fourth-order valence-electron chi connectivity index (χ4n) is 7.53. The van der Waals surface area contributed by atoms with E-state index in [-0.39, 0.29) is 11.2 Å². The average molecular weight is 817 g/mol. The normalized spacial score (nSPS) is 14.2. The summed E-state index contributed by atoms with van der Waals surface area (Å²) in [5, 5.41) is 0. The van der Waals surface area contributed by atoms with Gasteiger partial charge in [-0.15, -0.1) is 0 Å². The monoisotopic (exact) mass is 814 g/mol. The molecule has 0 aliphatic heterocycles. The Labute approximate surface area is 313 Å². The number of hydrogen-bond acceptors (Lipinski definition) is 2. The Bertz CT molecular complexity index is 1240. The summed E-state index contributed by atoms with van der Waals surface area (Å²) in [6, 6.07) is 34.3. The summed E-state index contributed by atoms with van der Waals surface area (Å²) in [5.41, 5.74) is 5.10. The molecule has 0 aliphatic rings. The van der Waals surface area contributed by atoms with E-state index in [9.17, 15) is 0 Å². The first-order valence-electron chi connectivity index (χ1n) is 18.6. The van der Waals surface area contributed by atoms with Crippen molar-refractivity contribution >= 4 is 48.5 Å². The molecular formula is C42H64Br2O2Si2. The van der Waals surface area contributed by atoms with Crippen LogP contribution in [-0.4, -0.2) is 27.8 Å². The van der Waals surface area contributed by atoms with Gasteiger partial charge in [-0.1, -0.05) is 122 Å². The Morgan fingerprint density at radius 1 is 0.438 bits per heavy atom. The van der Waals surface area contributed by atoms with E-state index in [4.69, 9.17) is 8.85 Å². The van der Waals surface area contributed by atoms with Crippen LogP contribution >= 0.6 is 31.9 Å². The second-order valence-electron chi connectivity index (χ2n) is 15.2. The molecule has 3 rings (SSSR count). The molecule has 0 saturated carbocycles. The summed E-state index contributed by atoms with van der Waals surface area (Å²) >= 11 is 7.26. The van der Waals surface area contributed by atoms with Crippen LogP contribution in [0.4, 0.5) is 0 Å². The van der Waals surface area contributed by atoms with Crippen LogP contribution in [0.25, 0.3) is 0 Å². The maximum atomic E-state index is 7.26. The molecule has 0 bridgehead atoms. The smallest absolute Gasteiger partial charge is 0.192 e. The van der Waals surface area contributed by atoms with E-state index in [0.29, 0.717) is 11.8 Å². The molecule has 6 heteroatoms. The number of halogens is 2. The molecule has 48 heavy (non-hydrogen) atoms. The van der Waals surface area contributed by atoms with E-state index in [1.54, 1.807) is 0 Å². The van der Waals surface area contributed by atoms with E-state index in [2.05, 4.69) is 174 Å². The molecule has 0 saturated heterocycles. The van der Waals surface area contributed by atoms with Crippen molar-refractivity contribution in [2.24, 2.45) is 11.8 Å². The molecule has 0 aliphatic carbocycles. The number of benzene rings is 3. The zero-order valence-electron chi connectivity index (χ0n) is 31.7. The van der Waals surface area contributed by atoms with Crippen molar-refractivity contribution < 1.29 is 8.85 Å². The SMILES string of the molecule is CC[Si](CC)(CC)OC(C)(C)C(Cc1ccc(Br)cc1)Cc1ccc(CC(Cc2ccc(Br)cc2)C(C)(C)O[Si](CC)(CC)CC)cc1. The molecule has 0 amide bonds. The molecule has 0 aromatic heterocycles. The third-order valence-electron chi connectivity index (χ3n) is 11.6. The standard InChI is InChI=1S/C42H64Br2O2Si2/c1-11-47(12-2,13-3)45-41(7,8)37(31-35-21-25-39(43)26-22-35)29-33-17-19-34(20-18-33)30-38(32-36-23-27-40(44)28-24-36)42(9,10)46-48(14-4,15-5)16-6/h17-28,37-38H,11-16,29-32H2,1-10H3. The van der Waals surface area contributed by atoms with Crippen LogP contribution in [0.15, 0.2) is 81.7 Å². The molecule has 0 fully saturated rings. The minimum Gasteiger partial charge on any atom is -0.412 e. The molecule has 3 aromatic rings. The molecule has 2 nitrogen and oxygen atoms in total. The molecule has 0 spiro atoms. The zero-order valence-corrected chi connectivity index (χ0v) is 36.9. The van der Waals surface area contributed by atoms with Gasteiger partial charge in [0.25, 0.3) is 0 Å². The summed E-state index contributed by atoms with van der Waals surface area (Å²) in [6.45, 7) is 23.4. The van der Waals surface area contributed by atoms with E-state index in [1.807, 2.05) is 0 Å². The summed E-state index contributed by atoms with van der Waals surface area (Å²) in [6.07, 6.45) is 4.00. The largest absolute Gasteiger partial charge is 0.412 e. The Morgan fingerprint density at radius 3 is 0.854 bits per heavy atom. The van der Waals surface area contributed by atoms with Crippen LogP contribution in [0.2, 0.25) is 36.3 Å². The molecule has 0 radical (unpaired) electrons. The predicted molar refractivity (Wildman–Crippen MR) is 221 cm³/mol. The van der Waals surface area contributed by atoms with Gasteiger partial charge in [-0.3, -0.25) is 0 Å². The van der Waals surface area contributed by atoms with Gasteiger partial charge in [-0.2, -0.15) is 0 Å². The van der Waals surface area contributed by atoms with Gasteiger partial charge in [-0.05, 0) is 148 Å². The maximum absolute atomic E-state index is 7.26. The lowest BCUT2D eigenvalue weighted by molar-refractivity contribution is 0.0309. The van der Waals surface area contributed by atoms with Gasteiger partial charge in [0, 0.05) is 8.95 Å². The highest BCUT2D eigenvalue weighted by Gasteiger charge is 2.41. The van der Waals surface area contributed by atoms with Gasteiger partial charge in [0.15, 0.2) is 16.6 Å². The summed E-state index contributed by atoms with van der Waals surface area (Å²) in [5.74, 6) is 0.738. The summed E-state index contributed by atoms with van der Waals surface area (Å²) in [7, 11) is -3.57. The van der Waals surface area contributed by atoms with Crippen molar-refractivity contribution in [1.29, 1.82) is 0 Å². The van der Waals surface area contributed by atoms with Crippen LogP contribution < -0.4 is 0 Å². The second kappa shape index (κ2) is 18.5. The first-order chi connectivity index (χ1) is 22.7. The summed E-state index contributed by atoms with van der Waals surface area (Å²) < 4.78 is 16.8. The first-order valence-corrected chi connectivity index (χ1v) is 25.3. The Hall–Kier alpha value is -1.03. The van der Waals surface area contributed by atoms with Gasteiger partial charge >= 0.3 is 0 Å². The highest BCUT2D eigenvalue weighted by Crippen LogP contribution is 2.38. The fourth-order valence-corrected chi connectivity index (χ4v) is 14.5. The van der Waals surface area contributed by atoms with Crippen LogP contribution in [0, 0.1) is 11.8 Å². The topological polar surface area (TPSA) is 18.5 Å². The highest BCUT2D eigenvalue weighted by molar-refractivity contribution is 9.10. The first kappa shape index (κ1) is 41.4. The van der Waals surface area contributed by atoms with Crippen molar-refractivity contribution in [3.05, 3.63) is 104 Å². The summed E-state index contributed by atoms with van der Waals surface area (Å²) in [4.78, 5) is 0. The lowest BCUT2D eigenvalue weighted by Crippen LogP contribution is -2.49. The van der Waals surface area contributed by atoms with Gasteiger partial charge in [0.1, 0.15) is 0 Å². The molecule has 0 N–H and O–H groups in total. The van der Waals surface area contributed by atoms with Crippen LogP contribution in [0.3, 0.4) is 0 Å². The third-order valence-corrected chi connectivity index (χ3v) is 22.3.